The molecule has 0 N–H and O–H groups in total. The summed E-state index contributed by atoms with van der Waals surface area (Å²) in [7, 11) is 1.37. The largest absolute Gasteiger partial charge is 0.473 e. The van der Waals surface area contributed by atoms with Crippen molar-refractivity contribution in [2.24, 2.45) is 0 Å². The van der Waals surface area contributed by atoms with Crippen molar-refractivity contribution in [2.45, 2.75) is 98.4 Å². The van der Waals surface area contributed by atoms with E-state index < -0.39 is 11.6 Å². The first-order chi connectivity index (χ1) is 20.9. The lowest BCUT2D eigenvalue weighted by atomic mass is 10.0. The van der Waals surface area contributed by atoms with Crippen LogP contribution in [-0.2, 0) is 16.0 Å². The van der Waals surface area contributed by atoms with Crippen LogP contribution in [0, 0.1) is 0 Å². The van der Waals surface area contributed by atoms with Crippen LogP contribution in [0.25, 0.3) is 22.2 Å². The summed E-state index contributed by atoms with van der Waals surface area (Å²) in [6.07, 6.45) is 3.99. The number of carbonyl (C=O) groups is 2. The topological polar surface area (TPSA) is 99.0 Å². The molecule has 240 valence electrons. The number of rotatable bonds is 11. The summed E-state index contributed by atoms with van der Waals surface area (Å²) in [5, 5.41) is 5.68. The Labute approximate surface area is 261 Å². The van der Waals surface area contributed by atoms with E-state index in [1.165, 1.54) is 7.11 Å². The molecule has 44 heavy (non-hydrogen) atoms. The number of aromatic nitrogens is 3. The Morgan fingerprint density at radius 2 is 1.68 bits per heavy atom. The first kappa shape index (κ1) is 33.2. The lowest BCUT2D eigenvalue weighted by Crippen LogP contribution is -2.49. The zero-order valence-corrected chi connectivity index (χ0v) is 27.7. The van der Waals surface area contributed by atoms with Gasteiger partial charge >= 0.3 is 12.1 Å². The van der Waals surface area contributed by atoms with Crippen molar-refractivity contribution in [3.8, 4) is 17.0 Å². The number of ether oxygens (including phenoxy) is 3. The first-order valence-corrected chi connectivity index (χ1v) is 15.9. The fraction of sp³-hybridized carbons (Fsp3) is 0.588. The predicted octanol–water partition coefficient (Wildman–Crippen LogP) is 6.87. The monoisotopic (exact) mass is 607 g/mol. The Morgan fingerprint density at radius 1 is 1.00 bits per heavy atom. The molecule has 0 radical (unpaired) electrons. The highest BCUT2D eigenvalue weighted by Gasteiger charge is 2.27. The number of hydrogen-bond donors (Lipinski definition) is 0. The SMILES string of the molecule is CCCCCC(C)n1nc(OC(C)C)c2c(-c3ccc(CN4CCN(C(=O)OC(C)(C)C)CC4)cc3)cc(C(=O)OC)nc21. The quantitative estimate of drug-likeness (QED) is 0.172. The molecule has 0 saturated carbocycles. The third-order valence-corrected chi connectivity index (χ3v) is 7.71. The fourth-order valence-corrected chi connectivity index (χ4v) is 5.43. The van der Waals surface area contributed by atoms with E-state index in [4.69, 9.17) is 24.3 Å². The van der Waals surface area contributed by atoms with Crippen LogP contribution in [0.5, 0.6) is 5.88 Å². The summed E-state index contributed by atoms with van der Waals surface area (Å²) in [5.41, 5.74) is 3.29. The van der Waals surface area contributed by atoms with Crippen LogP contribution in [0.3, 0.4) is 0 Å². The maximum absolute atomic E-state index is 12.7. The minimum atomic E-state index is -0.499. The fourth-order valence-electron chi connectivity index (χ4n) is 5.43. The first-order valence-electron chi connectivity index (χ1n) is 15.9. The minimum absolute atomic E-state index is 0.0803. The van der Waals surface area contributed by atoms with Gasteiger partial charge in [-0.15, -0.1) is 5.10 Å². The van der Waals surface area contributed by atoms with Gasteiger partial charge in [-0.1, -0.05) is 50.5 Å². The van der Waals surface area contributed by atoms with E-state index in [2.05, 4.69) is 43.0 Å². The lowest BCUT2D eigenvalue weighted by molar-refractivity contribution is 0.0139. The molecule has 3 aromatic rings. The van der Waals surface area contributed by atoms with Crippen molar-refractivity contribution >= 4 is 23.1 Å². The molecule has 1 atom stereocenters. The van der Waals surface area contributed by atoms with Crippen LogP contribution < -0.4 is 4.74 Å². The van der Waals surface area contributed by atoms with Gasteiger partial charge < -0.3 is 19.1 Å². The number of piperazine rings is 1. The molecule has 4 rings (SSSR count). The number of nitrogens with zero attached hydrogens (tertiary/aromatic N) is 5. The van der Waals surface area contributed by atoms with Gasteiger partial charge in [0.05, 0.1) is 24.6 Å². The second-order valence-corrected chi connectivity index (χ2v) is 12.9. The molecule has 0 bridgehead atoms. The van der Waals surface area contributed by atoms with Gasteiger partial charge in [0.15, 0.2) is 11.3 Å². The zero-order valence-electron chi connectivity index (χ0n) is 27.7. The van der Waals surface area contributed by atoms with Crippen molar-refractivity contribution in [1.29, 1.82) is 0 Å². The van der Waals surface area contributed by atoms with Crippen LogP contribution >= 0.6 is 0 Å². The van der Waals surface area contributed by atoms with Crippen LogP contribution in [-0.4, -0.2) is 81.6 Å². The minimum Gasteiger partial charge on any atom is -0.473 e. The third kappa shape index (κ3) is 8.28. The molecule has 0 aliphatic carbocycles. The Hall–Kier alpha value is -3.66. The van der Waals surface area contributed by atoms with Gasteiger partial charge in [0.25, 0.3) is 0 Å². The highest BCUT2D eigenvalue weighted by molar-refractivity contribution is 6.01. The number of fused-ring (bicyclic) bond motifs is 1. The van der Waals surface area contributed by atoms with Gasteiger partial charge in [-0.25, -0.2) is 19.3 Å². The van der Waals surface area contributed by atoms with Gasteiger partial charge in [-0.3, -0.25) is 4.90 Å². The van der Waals surface area contributed by atoms with Crippen molar-refractivity contribution in [1.82, 2.24) is 24.6 Å². The predicted molar refractivity (Wildman–Crippen MR) is 172 cm³/mol. The normalized spacial score (nSPS) is 15.1. The molecule has 1 fully saturated rings. The highest BCUT2D eigenvalue weighted by atomic mass is 16.6. The van der Waals surface area contributed by atoms with E-state index in [1.807, 2.05) is 39.3 Å². The summed E-state index contributed by atoms with van der Waals surface area (Å²) in [6.45, 7) is 17.5. The molecule has 0 spiro atoms. The molecule has 10 nitrogen and oxygen atoms in total. The molecular weight excluding hydrogens is 558 g/mol. The van der Waals surface area contributed by atoms with Crippen molar-refractivity contribution < 1.29 is 23.8 Å². The van der Waals surface area contributed by atoms with E-state index in [-0.39, 0.29) is 23.9 Å². The van der Waals surface area contributed by atoms with Crippen LogP contribution in [0.4, 0.5) is 4.79 Å². The Morgan fingerprint density at radius 3 is 2.27 bits per heavy atom. The number of pyridine rings is 1. The molecule has 1 aliphatic heterocycles. The van der Waals surface area contributed by atoms with Gasteiger partial charge in [0.1, 0.15) is 5.60 Å². The number of esters is 1. The van der Waals surface area contributed by atoms with Gasteiger partial charge in [0.2, 0.25) is 5.88 Å². The van der Waals surface area contributed by atoms with Crippen molar-refractivity contribution in [2.75, 3.05) is 33.3 Å². The van der Waals surface area contributed by atoms with Crippen LogP contribution in [0.15, 0.2) is 30.3 Å². The average Bonchev–Trinajstić information content (AvgIpc) is 3.34. The summed E-state index contributed by atoms with van der Waals surface area (Å²) in [6, 6.07) is 10.2. The highest BCUT2D eigenvalue weighted by Crippen LogP contribution is 2.37. The van der Waals surface area contributed by atoms with Crippen molar-refractivity contribution in [3.05, 3.63) is 41.6 Å². The number of unbranched alkanes of at least 4 members (excludes halogenated alkanes) is 2. The molecule has 3 heterocycles. The van der Waals surface area contributed by atoms with E-state index in [1.54, 1.807) is 11.0 Å². The molecule has 10 heteroatoms. The number of hydrogen-bond acceptors (Lipinski definition) is 8. The molecule has 2 aromatic heterocycles. The standard InChI is InChI=1S/C34H49N5O5/c1-9-10-11-12-24(4)39-30-29(31(36-39)43-23(2)3)27(21-28(35-30)32(40)42-8)26-15-13-25(14-16-26)22-37-17-19-38(20-18-37)33(41)44-34(5,6)7/h13-16,21,23-24H,9-12,17-20,22H2,1-8H3. The lowest BCUT2D eigenvalue weighted by Gasteiger charge is -2.35. The second-order valence-electron chi connectivity index (χ2n) is 12.9. The molecule has 1 aliphatic rings. The van der Waals surface area contributed by atoms with E-state index in [0.717, 1.165) is 67.4 Å². The molecule has 1 unspecified atom stereocenters. The molecule has 1 aromatic carbocycles. The molecular formula is C34H49N5O5. The summed E-state index contributed by atoms with van der Waals surface area (Å²) >= 11 is 0. The molecule has 1 saturated heterocycles. The maximum Gasteiger partial charge on any atom is 0.410 e. The van der Waals surface area contributed by atoms with E-state index >= 15 is 0 Å². The number of methoxy groups -OCH3 is 1. The Kier molecular flexibility index (Phi) is 10.9. The summed E-state index contributed by atoms with van der Waals surface area (Å²) in [4.78, 5) is 34.1. The average molecular weight is 608 g/mol. The van der Waals surface area contributed by atoms with Gasteiger partial charge in [-0.2, -0.15) is 0 Å². The Balaban J connectivity index is 1.61. The maximum atomic E-state index is 12.7. The third-order valence-electron chi connectivity index (χ3n) is 7.71. The smallest absolute Gasteiger partial charge is 0.410 e. The number of benzene rings is 1. The zero-order chi connectivity index (χ0) is 32.0. The van der Waals surface area contributed by atoms with Crippen molar-refractivity contribution in [3.63, 3.8) is 0 Å². The number of carbonyl (C=O) groups excluding carboxylic acids is 2. The second kappa shape index (κ2) is 14.4. The van der Waals surface area contributed by atoms with E-state index in [0.29, 0.717) is 24.6 Å². The van der Waals surface area contributed by atoms with Crippen LogP contribution in [0.1, 0.15) is 96.2 Å². The van der Waals surface area contributed by atoms with Gasteiger partial charge in [-0.05, 0) is 65.2 Å². The Bertz CT molecular complexity index is 1420. The molecule has 1 amide bonds. The van der Waals surface area contributed by atoms with Gasteiger partial charge in [0, 0.05) is 38.3 Å². The van der Waals surface area contributed by atoms with Crippen LogP contribution in [0.2, 0.25) is 0 Å². The summed E-state index contributed by atoms with van der Waals surface area (Å²) < 4.78 is 18.7. The number of amides is 1. The van der Waals surface area contributed by atoms with E-state index in [9.17, 15) is 9.59 Å². The summed E-state index contributed by atoms with van der Waals surface area (Å²) in [5.74, 6) is 0.0243.